The van der Waals surface area contributed by atoms with Crippen molar-refractivity contribution in [2.24, 2.45) is 35.5 Å². The molecule has 1 heterocycles. The highest BCUT2D eigenvalue weighted by Crippen LogP contribution is 2.65. The van der Waals surface area contributed by atoms with Gasteiger partial charge in [0.2, 0.25) is 11.8 Å². The third kappa shape index (κ3) is 3.40. The van der Waals surface area contributed by atoms with Crippen molar-refractivity contribution < 1.29 is 23.9 Å². The maximum Gasteiger partial charge on any atom is 0.308 e. The van der Waals surface area contributed by atoms with Crippen LogP contribution in [-0.2, 0) is 19.1 Å². The summed E-state index contributed by atoms with van der Waals surface area (Å²) < 4.78 is 5.15. The van der Waals surface area contributed by atoms with Gasteiger partial charge in [0.15, 0.2) is 12.4 Å². The summed E-state index contributed by atoms with van der Waals surface area (Å²) in [5.41, 5.74) is 2.51. The van der Waals surface area contributed by atoms with Gasteiger partial charge in [-0.1, -0.05) is 66.7 Å². The Balaban J connectivity index is 1.01. The Bertz CT molecular complexity index is 1170. The van der Waals surface area contributed by atoms with Crippen molar-refractivity contribution in [1.82, 2.24) is 4.90 Å². The van der Waals surface area contributed by atoms with Gasteiger partial charge in [-0.05, 0) is 41.2 Å². The van der Waals surface area contributed by atoms with Crippen molar-refractivity contribution in [1.29, 1.82) is 0 Å². The first-order valence-electron chi connectivity index (χ1n) is 11.9. The standard InChI is InChI=1S/C28H25NO5/c30-23(18-8-6-17(7-9-18)16-4-2-1-3-5-16)15-34-24(31)12-13-29-27(32)25-19-10-11-20(22-14-21(19)22)26(25)28(29)33/h1-11,19-22,25-26H,12-15H2/t19-,20-,21-,22-,25+,26+/m0/s1. The fourth-order valence-electron chi connectivity index (χ4n) is 6.22. The van der Waals surface area contributed by atoms with E-state index in [1.165, 1.54) is 4.90 Å². The molecule has 3 fully saturated rings. The Hall–Kier alpha value is -3.54. The van der Waals surface area contributed by atoms with E-state index in [1.807, 2.05) is 42.5 Å². The average Bonchev–Trinajstić information content (AvgIpc) is 3.66. The number of allylic oxidation sites excluding steroid dienone is 2. The van der Waals surface area contributed by atoms with Gasteiger partial charge in [0.1, 0.15) is 0 Å². The van der Waals surface area contributed by atoms with Gasteiger partial charge in [-0.2, -0.15) is 0 Å². The Morgan fingerprint density at radius 3 is 2.03 bits per heavy atom. The molecular formula is C28H25NO5. The highest BCUT2D eigenvalue weighted by atomic mass is 16.5. The molecule has 5 aliphatic rings. The number of esters is 1. The maximum absolute atomic E-state index is 13.0. The molecule has 1 aliphatic heterocycles. The van der Waals surface area contributed by atoms with Crippen LogP contribution in [0.5, 0.6) is 0 Å². The second-order valence-electron chi connectivity index (χ2n) is 9.76. The van der Waals surface area contributed by atoms with E-state index < -0.39 is 5.97 Å². The SMILES string of the molecule is O=C(CCN1C(=O)[C@@H]2[C@H]3C=C[C@@H]([C@@H]4C[C@@H]34)[C@H]2C1=O)OCC(=O)c1ccc(-c2ccccc2)cc1. The number of benzene rings is 2. The van der Waals surface area contributed by atoms with Gasteiger partial charge in [0.05, 0.1) is 18.3 Å². The van der Waals surface area contributed by atoms with Crippen LogP contribution in [0.15, 0.2) is 66.7 Å². The number of likely N-dealkylation sites (tertiary alicyclic amines) is 1. The van der Waals surface area contributed by atoms with Gasteiger partial charge < -0.3 is 4.74 Å². The van der Waals surface area contributed by atoms with E-state index in [0.717, 1.165) is 17.5 Å². The molecule has 6 heteroatoms. The zero-order valence-corrected chi connectivity index (χ0v) is 18.6. The van der Waals surface area contributed by atoms with Crippen LogP contribution in [0.1, 0.15) is 23.2 Å². The molecule has 1 saturated heterocycles. The van der Waals surface area contributed by atoms with Crippen LogP contribution < -0.4 is 0 Å². The fourth-order valence-corrected chi connectivity index (χ4v) is 6.22. The Kier molecular flexibility index (Phi) is 4.97. The van der Waals surface area contributed by atoms with Gasteiger partial charge in [0, 0.05) is 12.1 Å². The Morgan fingerprint density at radius 1 is 0.824 bits per heavy atom. The summed E-state index contributed by atoms with van der Waals surface area (Å²) in [5.74, 6) is -0.285. The summed E-state index contributed by atoms with van der Waals surface area (Å²) in [4.78, 5) is 51.9. The average molecular weight is 456 g/mol. The number of imide groups is 1. The largest absolute Gasteiger partial charge is 0.457 e. The summed E-state index contributed by atoms with van der Waals surface area (Å²) in [6, 6.07) is 17.0. The number of carbonyl (C=O) groups is 4. The van der Waals surface area contributed by atoms with Gasteiger partial charge in [-0.15, -0.1) is 0 Å². The van der Waals surface area contributed by atoms with E-state index >= 15 is 0 Å². The molecule has 0 N–H and O–H groups in total. The van der Waals surface area contributed by atoms with Crippen molar-refractivity contribution in [3.8, 4) is 11.1 Å². The molecule has 6 atom stereocenters. The summed E-state index contributed by atoms with van der Waals surface area (Å²) in [6.07, 6.45) is 5.26. The lowest BCUT2D eigenvalue weighted by molar-refractivity contribution is -0.145. The maximum atomic E-state index is 13.0. The van der Waals surface area contributed by atoms with Crippen molar-refractivity contribution >= 4 is 23.6 Å². The van der Waals surface area contributed by atoms with E-state index in [9.17, 15) is 19.2 Å². The number of Topliss-reactive ketones (excluding diaryl/α,β-unsaturated/α-hetero) is 1. The molecule has 0 spiro atoms. The van der Waals surface area contributed by atoms with Crippen molar-refractivity contribution in [2.45, 2.75) is 12.8 Å². The minimum Gasteiger partial charge on any atom is -0.457 e. The minimum atomic E-state index is -0.589. The van der Waals surface area contributed by atoms with Gasteiger partial charge in [0.25, 0.3) is 0 Å². The van der Waals surface area contributed by atoms with Crippen LogP contribution >= 0.6 is 0 Å². The van der Waals surface area contributed by atoms with Crippen molar-refractivity contribution in [3.63, 3.8) is 0 Å². The number of hydrogen-bond acceptors (Lipinski definition) is 5. The fraction of sp³-hybridized carbons (Fsp3) is 0.357. The van der Waals surface area contributed by atoms with Gasteiger partial charge >= 0.3 is 5.97 Å². The van der Waals surface area contributed by atoms with E-state index in [-0.39, 0.29) is 60.8 Å². The van der Waals surface area contributed by atoms with Crippen molar-refractivity contribution in [2.75, 3.05) is 13.2 Å². The van der Waals surface area contributed by atoms with Gasteiger partial charge in [-0.25, -0.2) is 0 Å². The lowest BCUT2D eigenvalue weighted by Gasteiger charge is -2.37. The van der Waals surface area contributed by atoms with Crippen LogP contribution in [0.2, 0.25) is 0 Å². The van der Waals surface area contributed by atoms with E-state index in [0.29, 0.717) is 17.4 Å². The number of amides is 2. The molecule has 0 radical (unpaired) electrons. The highest BCUT2D eigenvalue weighted by Gasteiger charge is 2.66. The zero-order valence-electron chi connectivity index (χ0n) is 18.6. The third-order valence-electron chi connectivity index (χ3n) is 7.97. The van der Waals surface area contributed by atoms with Crippen LogP contribution in [0, 0.1) is 35.5 Å². The quantitative estimate of drug-likeness (QED) is 0.276. The number of rotatable bonds is 7. The molecule has 6 nitrogen and oxygen atoms in total. The second-order valence-corrected chi connectivity index (χ2v) is 9.76. The number of nitrogens with zero attached hydrogens (tertiary/aromatic N) is 1. The van der Waals surface area contributed by atoms with Crippen LogP contribution in [-0.4, -0.2) is 41.6 Å². The lowest BCUT2D eigenvalue weighted by Crippen LogP contribution is -2.40. The molecule has 34 heavy (non-hydrogen) atoms. The number of ketones is 1. The number of hydrogen-bond donors (Lipinski definition) is 0. The molecule has 2 saturated carbocycles. The predicted molar refractivity (Wildman–Crippen MR) is 123 cm³/mol. The van der Waals surface area contributed by atoms with Crippen LogP contribution in [0.4, 0.5) is 0 Å². The first-order chi connectivity index (χ1) is 16.5. The Labute approximate surface area is 197 Å². The molecule has 2 aromatic rings. The number of ether oxygens (including phenoxy) is 1. The molecular weight excluding hydrogens is 430 g/mol. The van der Waals surface area contributed by atoms with E-state index in [1.54, 1.807) is 12.1 Å². The molecule has 0 aromatic heterocycles. The predicted octanol–water partition coefficient (Wildman–Crippen LogP) is 3.52. The molecule has 0 unspecified atom stereocenters. The molecule has 2 aromatic carbocycles. The zero-order chi connectivity index (χ0) is 23.4. The van der Waals surface area contributed by atoms with E-state index in [4.69, 9.17) is 4.74 Å². The topological polar surface area (TPSA) is 80.8 Å². The lowest BCUT2D eigenvalue weighted by atomic mass is 9.63. The Morgan fingerprint density at radius 2 is 1.41 bits per heavy atom. The normalized spacial score (nSPS) is 30.2. The second kappa shape index (κ2) is 8.05. The molecule has 2 bridgehead atoms. The van der Waals surface area contributed by atoms with Crippen molar-refractivity contribution in [3.05, 3.63) is 72.3 Å². The van der Waals surface area contributed by atoms with Crippen LogP contribution in [0.25, 0.3) is 11.1 Å². The molecule has 7 rings (SSSR count). The first-order valence-corrected chi connectivity index (χ1v) is 11.9. The smallest absolute Gasteiger partial charge is 0.308 e. The molecule has 2 amide bonds. The number of carbonyl (C=O) groups excluding carboxylic acids is 4. The summed E-state index contributed by atoms with van der Waals surface area (Å²) >= 11 is 0. The molecule has 4 aliphatic carbocycles. The van der Waals surface area contributed by atoms with Gasteiger partial charge in [-0.3, -0.25) is 24.1 Å². The monoisotopic (exact) mass is 455 g/mol. The van der Waals surface area contributed by atoms with Crippen LogP contribution in [0.3, 0.4) is 0 Å². The van der Waals surface area contributed by atoms with E-state index in [2.05, 4.69) is 12.2 Å². The first kappa shape index (κ1) is 21.0. The summed E-state index contributed by atoms with van der Waals surface area (Å²) in [7, 11) is 0. The highest BCUT2D eigenvalue weighted by molar-refractivity contribution is 6.06. The molecule has 172 valence electrons. The summed E-state index contributed by atoms with van der Waals surface area (Å²) in [6.45, 7) is -0.355. The third-order valence-corrected chi connectivity index (χ3v) is 7.97. The minimum absolute atomic E-state index is 0.0121. The summed E-state index contributed by atoms with van der Waals surface area (Å²) in [5, 5.41) is 0.